The van der Waals surface area contributed by atoms with E-state index in [1.54, 1.807) is 0 Å². The minimum Gasteiger partial charge on any atom is -0.481 e. The molecule has 4 nitrogen and oxygen atoms in total. The number of rotatable bonds is 6. The summed E-state index contributed by atoms with van der Waals surface area (Å²) in [4.78, 5) is 23.5. The van der Waals surface area contributed by atoms with E-state index in [0.717, 1.165) is 31.2 Å². The lowest BCUT2D eigenvalue weighted by Crippen LogP contribution is -2.43. The third kappa shape index (κ3) is 2.55. The number of carboxylic acids is 1. The normalized spacial score (nSPS) is 21.0. The molecule has 4 heteroatoms. The van der Waals surface area contributed by atoms with Crippen LogP contribution in [0.5, 0.6) is 0 Å². The number of nitrogens with one attached hydrogen (secondary N) is 1. The largest absolute Gasteiger partial charge is 0.481 e. The number of benzene rings is 1. The van der Waals surface area contributed by atoms with E-state index < -0.39 is 11.4 Å². The standard InChI is InChI=1S/C16H19NO3/c18-14(19)10-13(11-6-7-11)17-15(20)16(8-9-16)12-4-2-1-3-5-12/h1-5,11,13H,6-10H2,(H,17,20)(H,18,19). The summed E-state index contributed by atoms with van der Waals surface area (Å²) in [5.74, 6) is -0.491. The molecule has 1 atom stereocenters. The second-order valence-corrected chi connectivity index (χ2v) is 5.96. The van der Waals surface area contributed by atoms with E-state index >= 15 is 0 Å². The van der Waals surface area contributed by atoms with Crippen LogP contribution in [0.25, 0.3) is 0 Å². The number of hydrogen-bond donors (Lipinski definition) is 2. The predicted octanol–water partition coefficient (Wildman–Crippen LogP) is 2.09. The maximum absolute atomic E-state index is 12.5. The molecule has 0 spiro atoms. The zero-order valence-electron chi connectivity index (χ0n) is 11.3. The van der Waals surface area contributed by atoms with Crippen LogP contribution in [0, 0.1) is 5.92 Å². The lowest BCUT2D eigenvalue weighted by molar-refractivity contribution is -0.138. The van der Waals surface area contributed by atoms with Crippen molar-refractivity contribution in [1.29, 1.82) is 0 Å². The van der Waals surface area contributed by atoms with E-state index in [1.807, 2.05) is 30.3 Å². The van der Waals surface area contributed by atoms with E-state index in [-0.39, 0.29) is 18.4 Å². The Bertz CT molecular complexity index is 518. The molecule has 0 saturated heterocycles. The van der Waals surface area contributed by atoms with E-state index in [9.17, 15) is 9.59 Å². The molecular formula is C16H19NO3. The van der Waals surface area contributed by atoms with E-state index in [2.05, 4.69) is 5.32 Å². The number of aliphatic carboxylic acids is 1. The van der Waals surface area contributed by atoms with Crippen molar-refractivity contribution < 1.29 is 14.7 Å². The highest BCUT2D eigenvalue weighted by Crippen LogP contribution is 2.48. The zero-order valence-corrected chi connectivity index (χ0v) is 11.3. The molecule has 0 radical (unpaired) electrons. The fraction of sp³-hybridized carbons (Fsp3) is 0.500. The minimum absolute atomic E-state index is 0.00171. The monoisotopic (exact) mass is 273 g/mol. The third-order valence-corrected chi connectivity index (χ3v) is 4.41. The van der Waals surface area contributed by atoms with Crippen molar-refractivity contribution in [3.63, 3.8) is 0 Å². The molecule has 2 N–H and O–H groups in total. The maximum atomic E-state index is 12.5. The molecule has 2 fully saturated rings. The van der Waals surface area contributed by atoms with Gasteiger partial charge in [0, 0.05) is 6.04 Å². The van der Waals surface area contributed by atoms with Crippen LogP contribution in [-0.4, -0.2) is 23.0 Å². The molecule has 1 aromatic carbocycles. The average molecular weight is 273 g/mol. The van der Waals surface area contributed by atoms with Crippen LogP contribution in [0.2, 0.25) is 0 Å². The van der Waals surface area contributed by atoms with Gasteiger partial charge in [0.15, 0.2) is 0 Å². The van der Waals surface area contributed by atoms with Gasteiger partial charge in [-0.1, -0.05) is 30.3 Å². The highest BCUT2D eigenvalue weighted by atomic mass is 16.4. The Kier molecular flexibility index (Phi) is 3.24. The number of carbonyl (C=O) groups is 2. The van der Waals surface area contributed by atoms with E-state index in [1.165, 1.54) is 0 Å². The summed E-state index contributed by atoms with van der Waals surface area (Å²) in [5, 5.41) is 11.9. The molecule has 106 valence electrons. The Balaban J connectivity index is 1.71. The van der Waals surface area contributed by atoms with Gasteiger partial charge in [-0.15, -0.1) is 0 Å². The van der Waals surface area contributed by atoms with Crippen LogP contribution >= 0.6 is 0 Å². The first-order chi connectivity index (χ1) is 9.62. The number of amides is 1. The van der Waals surface area contributed by atoms with Crippen LogP contribution in [0.1, 0.15) is 37.7 Å². The summed E-state index contributed by atoms with van der Waals surface area (Å²) < 4.78 is 0. The number of carbonyl (C=O) groups excluding carboxylic acids is 1. The lowest BCUT2D eigenvalue weighted by atomic mass is 9.94. The summed E-state index contributed by atoms with van der Waals surface area (Å²) in [6, 6.07) is 9.58. The number of carboxylic acid groups (broad SMARTS) is 1. The van der Waals surface area contributed by atoms with Crippen molar-refractivity contribution in [2.24, 2.45) is 5.92 Å². The van der Waals surface area contributed by atoms with Crippen LogP contribution < -0.4 is 5.32 Å². The Morgan fingerprint density at radius 1 is 1.25 bits per heavy atom. The quantitative estimate of drug-likeness (QED) is 0.834. The molecule has 0 aliphatic heterocycles. The van der Waals surface area contributed by atoms with Gasteiger partial charge in [-0.05, 0) is 37.2 Å². The van der Waals surface area contributed by atoms with Gasteiger partial charge in [-0.2, -0.15) is 0 Å². The molecule has 1 unspecified atom stereocenters. The molecule has 2 saturated carbocycles. The molecule has 2 aliphatic carbocycles. The lowest BCUT2D eigenvalue weighted by Gasteiger charge is -2.21. The smallest absolute Gasteiger partial charge is 0.305 e. The van der Waals surface area contributed by atoms with Crippen molar-refractivity contribution in [1.82, 2.24) is 5.32 Å². The molecule has 0 heterocycles. The van der Waals surface area contributed by atoms with Crippen molar-refractivity contribution in [2.75, 3.05) is 0 Å². The third-order valence-electron chi connectivity index (χ3n) is 4.41. The molecule has 1 amide bonds. The van der Waals surface area contributed by atoms with Crippen molar-refractivity contribution >= 4 is 11.9 Å². The first-order valence-electron chi connectivity index (χ1n) is 7.20. The van der Waals surface area contributed by atoms with Crippen molar-refractivity contribution in [3.05, 3.63) is 35.9 Å². The average Bonchev–Trinajstić information content (AvgIpc) is 3.29. The molecule has 0 bridgehead atoms. The van der Waals surface area contributed by atoms with Crippen LogP contribution in [0.3, 0.4) is 0 Å². The molecule has 1 aromatic rings. The summed E-state index contributed by atoms with van der Waals surface area (Å²) in [7, 11) is 0. The highest BCUT2D eigenvalue weighted by Gasteiger charge is 2.52. The van der Waals surface area contributed by atoms with Crippen molar-refractivity contribution in [2.45, 2.75) is 43.6 Å². The summed E-state index contributed by atoms with van der Waals surface area (Å²) in [5.41, 5.74) is 0.634. The Morgan fingerprint density at radius 2 is 1.90 bits per heavy atom. The summed E-state index contributed by atoms with van der Waals surface area (Å²) >= 11 is 0. The fourth-order valence-corrected chi connectivity index (χ4v) is 2.86. The van der Waals surface area contributed by atoms with Gasteiger partial charge in [0.25, 0.3) is 0 Å². The fourth-order valence-electron chi connectivity index (χ4n) is 2.86. The first-order valence-corrected chi connectivity index (χ1v) is 7.20. The Labute approximate surface area is 118 Å². The molecule has 20 heavy (non-hydrogen) atoms. The van der Waals surface area contributed by atoms with Gasteiger partial charge in [-0.3, -0.25) is 9.59 Å². The van der Waals surface area contributed by atoms with Gasteiger partial charge in [0.2, 0.25) is 5.91 Å². The molecule has 3 rings (SSSR count). The SMILES string of the molecule is O=C(O)CC(NC(=O)C1(c2ccccc2)CC1)C1CC1. The summed E-state index contributed by atoms with van der Waals surface area (Å²) in [6.07, 6.45) is 3.79. The van der Waals surface area contributed by atoms with E-state index in [0.29, 0.717) is 5.92 Å². The van der Waals surface area contributed by atoms with Crippen LogP contribution in [0.15, 0.2) is 30.3 Å². The minimum atomic E-state index is -0.841. The van der Waals surface area contributed by atoms with Gasteiger partial charge >= 0.3 is 5.97 Å². The molecule has 2 aliphatic rings. The van der Waals surface area contributed by atoms with Crippen LogP contribution in [-0.2, 0) is 15.0 Å². The molecular weight excluding hydrogens is 254 g/mol. The van der Waals surface area contributed by atoms with Crippen LogP contribution in [0.4, 0.5) is 0 Å². The van der Waals surface area contributed by atoms with Crippen molar-refractivity contribution in [3.8, 4) is 0 Å². The predicted molar refractivity (Wildman–Crippen MR) is 74.3 cm³/mol. The second kappa shape index (κ2) is 4.93. The van der Waals surface area contributed by atoms with Gasteiger partial charge in [-0.25, -0.2) is 0 Å². The van der Waals surface area contributed by atoms with E-state index in [4.69, 9.17) is 5.11 Å². The summed E-state index contributed by atoms with van der Waals surface area (Å²) in [6.45, 7) is 0. The molecule has 0 aromatic heterocycles. The Morgan fingerprint density at radius 3 is 2.40 bits per heavy atom. The second-order valence-electron chi connectivity index (χ2n) is 5.96. The van der Waals surface area contributed by atoms with Gasteiger partial charge in [0.1, 0.15) is 0 Å². The topological polar surface area (TPSA) is 66.4 Å². The first kappa shape index (κ1) is 13.2. The zero-order chi connectivity index (χ0) is 14.2. The Hall–Kier alpha value is -1.84. The maximum Gasteiger partial charge on any atom is 0.305 e. The number of hydrogen-bond acceptors (Lipinski definition) is 2. The highest BCUT2D eigenvalue weighted by molar-refractivity contribution is 5.91. The van der Waals surface area contributed by atoms with Gasteiger partial charge in [0.05, 0.1) is 11.8 Å². The van der Waals surface area contributed by atoms with Gasteiger partial charge < -0.3 is 10.4 Å².